The summed E-state index contributed by atoms with van der Waals surface area (Å²) in [6.45, 7) is 2.06. The van der Waals surface area contributed by atoms with E-state index in [1.807, 2.05) is 0 Å². The van der Waals surface area contributed by atoms with Crippen LogP contribution in [0, 0.1) is 12.7 Å². The molecular formula is C16H18ClFN2. The highest BCUT2D eigenvalue weighted by Gasteiger charge is 2.11. The van der Waals surface area contributed by atoms with Gasteiger partial charge in [-0.15, -0.1) is 0 Å². The first-order chi connectivity index (χ1) is 9.58. The molecule has 0 aliphatic carbocycles. The molecule has 0 bridgehead atoms. The van der Waals surface area contributed by atoms with Gasteiger partial charge in [0.15, 0.2) is 0 Å². The van der Waals surface area contributed by atoms with Crippen LogP contribution in [-0.4, -0.2) is 6.04 Å². The maximum Gasteiger partial charge on any atom is 0.124 e. The molecule has 4 heteroatoms. The molecule has 0 aromatic heterocycles. The van der Waals surface area contributed by atoms with E-state index in [2.05, 4.69) is 36.6 Å². The fourth-order valence-electron chi connectivity index (χ4n) is 2.15. The summed E-state index contributed by atoms with van der Waals surface area (Å²) in [5, 5.41) is 0.439. The van der Waals surface area contributed by atoms with E-state index in [1.54, 1.807) is 6.07 Å². The zero-order valence-corrected chi connectivity index (χ0v) is 12.1. The van der Waals surface area contributed by atoms with Crippen molar-refractivity contribution in [2.75, 3.05) is 0 Å². The summed E-state index contributed by atoms with van der Waals surface area (Å²) in [5.74, 6) is 5.29. The van der Waals surface area contributed by atoms with Crippen LogP contribution in [0.4, 0.5) is 4.39 Å². The van der Waals surface area contributed by atoms with Crippen molar-refractivity contribution in [1.82, 2.24) is 5.43 Å². The molecule has 0 spiro atoms. The Morgan fingerprint density at radius 1 is 1.15 bits per heavy atom. The molecular weight excluding hydrogens is 275 g/mol. The van der Waals surface area contributed by atoms with Crippen molar-refractivity contribution < 1.29 is 4.39 Å². The van der Waals surface area contributed by atoms with Gasteiger partial charge in [-0.05, 0) is 43.0 Å². The van der Waals surface area contributed by atoms with Gasteiger partial charge in [0.25, 0.3) is 0 Å². The Balaban J connectivity index is 2.07. The van der Waals surface area contributed by atoms with Gasteiger partial charge in [0, 0.05) is 11.1 Å². The van der Waals surface area contributed by atoms with E-state index >= 15 is 0 Å². The van der Waals surface area contributed by atoms with Crippen LogP contribution in [-0.2, 0) is 12.8 Å². The van der Waals surface area contributed by atoms with Gasteiger partial charge in [-0.3, -0.25) is 11.3 Å². The molecule has 1 unspecified atom stereocenters. The van der Waals surface area contributed by atoms with Crippen molar-refractivity contribution in [1.29, 1.82) is 0 Å². The summed E-state index contributed by atoms with van der Waals surface area (Å²) in [5.41, 5.74) is 6.13. The van der Waals surface area contributed by atoms with Crippen molar-refractivity contribution in [2.45, 2.75) is 25.8 Å². The quantitative estimate of drug-likeness (QED) is 0.655. The highest BCUT2D eigenvalue weighted by atomic mass is 35.5. The Morgan fingerprint density at radius 3 is 2.45 bits per heavy atom. The molecule has 106 valence electrons. The van der Waals surface area contributed by atoms with E-state index in [4.69, 9.17) is 17.4 Å². The summed E-state index contributed by atoms with van der Waals surface area (Å²) in [6.07, 6.45) is 1.45. The smallest absolute Gasteiger partial charge is 0.124 e. The minimum absolute atomic E-state index is 0.0562. The third-order valence-corrected chi connectivity index (χ3v) is 3.67. The summed E-state index contributed by atoms with van der Waals surface area (Å²) < 4.78 is 13.0. The molecule has 20 heavy (non-hydrogen) atoms. The van der Waals surface area contributed by atoms with Crippen LogP contribution >= 0.6 is 11.6 Å². The molecule has 1 atom stereocenters. The number of nitrogens with one attached hydrogen (secondary N) is 1. The minimum Gasteiger partial charge on any atom is -0.271 e. The van der Waals surface area contributed by atoms with Crippen molar-refractivity contribution in [3.8, 4) is 0 Å². The van der Waals surface area contributed by atoms with Gasteiger partial charge < -0.3 is 0 Å². The number of benzene rings is 2. The molecule has 0 heterocycles. The zero-order valence-electron chi connectivity index (χ0n) is 11.4. The first-order valence-corrected chi connectivity index (χ1v) is 6.92. The van der Waals surface area contributed by atoms with Gasteiger partial charge in [0.1, 0.15) is 5.82 Å². The lowest BCUT2D eigenvalue weighted by Crippen LogP contribution is -2.38. The molecule has 2 nitrogen and oxygen atoms in total. The maximum atomic E-state index is 13.0. The van der Waals surface area contributed by atoms with Crippen LogP contribution in [0.3, 0.4) is 0 Å². The van der Waals surface area contributed by atoms with Crippen molar-refractivity contribution in [3.05, 3.63) is 70.0 Å². The normalized spacial score (nSPS) is 12.4. The van der Waals surface area contributed by atoms with Gasteiger partial charge in [-0.25, -0.2) is 4.39 Å². The second kappa shape index (κ2) is 6.84. The molecule has 2 aromatic rings. The molecule has 0 amide bonds. The third-order valence-electron chi connectivity index (χ3n) is 3.32. The Hall–Kier alpha value is -1.42. The number of aryl methyl sites for hydroxylation is 1. The standard InChI is InChI=1S/C16H18ClFN2/c1-11-2-4-12(5-3-11)8-15(20-19)9-13-6-7-14(18)10-16(13)17/h2-7,10,15,20H,8-9,19H2,1H3. The second-order valence-corrected chi connectivity index (χ2v) is 5.40. The SMILES string of the molecule is Cc1ccc(CC(Cc2ccc(F)cc2Cl)NN)cc1. The third kappa shape index (κ3) is 4.04. The fourth-order valence-corrected chi connectivity index (χ4v) is 2.40. The average Bonchev–Trinajstić information content (AvgIpc) is 2.43. The summed E-state index contributed by atoms with van der Waals surface area (Å²) >= 11 is 6.05. The Bertz CT molecular complexity index is 569. The molecule has 0 radical (unpaired) electrons. The number of rotatable bonds is 5. The van der Waals surface area contributed by atoms with Gasteiger partial charge in [-0.1, -0.05) is 47.5 Å². The largest absolute Gasteiger partial charge is 0.271 e. The molecule has 0 aliphatic rings. The summed E-state index contributed by atoms with van der Waals surface area (Å²) in [7, 11) is 0. The fraction of sp³-hybridized carbons (Fsp3) is 0.250. The van der Waals surface area contributed by atoms with Crippen molar-refractivity contribution in [3.63, 3.8) is 0 Å². The lowest BCUT2D eigenvalue weighted by molar-refractivity contribution is 0.522. The highest BCUT2D eigenvalue weighted by Crippen LogP contribution is 2.19. The van der Waals surface area contributed by atoms with Gasteiger partial charge in [-0.2, -0.15) is 0 Å². The van der Waals surface area contributed by atoms with Crippen LogP contribution in [0.2, 0.25) is 5.02 Å². The van der Waals surface area contributed by atoms with E-state index < -0.39 is 0 Å². The van der Waals surface area contributed by atoms with Crippen molar-refractivity contribution >= 4 is 11.6 Å². The van der Waals surface area contributed by atoms with Gasteiger partial charge in [0.2, 0.25) is 0 Å². The number of hydrogen-bond acceptors (Lipinski definition) is 2. The Morgan fingerprint density at radius 2 is 1.85 bits per heavy atom. The molecule has 0 fully saturated rings. The average molecular weight is 293 g/mol. The van der Waals surface area contributed by atoms with Crippen LogP contribution in [0.15, 0.2) is 42.5 Å². The lowest BCUT2D eigenvalue weighted by Gasteiger charge is -2.17. The van der Waals surface area contributed by atoms with E-state index in [0.717, 1.165) is 12.0 Å². The topological polar surface area (TPSA) is 38.0 Å². The molecule has 0 saturated heterocycles. The summed E-state index contributed by atoms with van der Waals surface area (Å²) in [6, 6.07) is 12.8. The molecule has 0 saturated carbocycles. The van der Waals surface area contributed by atoms with Crippen LogP contribution in [0.25, 0.3) is 0 Å². The molecule has 0 aliphatic heterocycles. The Labute approximate surface area is 123 Å². The van der Waals surface area contributed by atoms with Crippen LogP contribution in [0.5, 0.6) is 0 Å². The monoisotopic (exact) mass is 292 g/mol. The molecule has 3 N–H and O–H groups in total. The lowest BCUT2D eigenvalue weighted by atomic mass is 9.99. The molecule has 2 aromatic carbocycles. The van der Waals surface area contributed by atoms with E-state index in [0.29, 0.717) is 11.4 Å². The zero-order chi connectivity index (χ0) is 14.5. The highest BCUT2D eigenvalue weighted by molar-refractivity contribution is 6.31. The number of halogens is 2. The number of nitrogens with two attached hydrogens (primary N) is 1. The molecule has 2 rings (SSSR count). The van der Waals surface area contributed by atoms with E-state index in [9.17, 15) is 4.39 Å². The van der Waals surface area contributed by atoms with Crippen LogP contribution in [0.1, 0.15) is 16.7 Å². The van der Waals surface area contributed by atoms with Crippen LogP contribution < -0.4 is 11.3 Å². The second-order valence-electron chi connectivity index (χ2n) is 4.99. The van der Waals surface area contributed by atoms with Crippen molar-refractivity contribution in [2.24, 2.45) is 5.84 Å². The number of hydrogen-bond donors (Lipinski definition) is 2. The summed E-state index contributed by atoms with van der Waals surface area (Å²) in [4.78, 5) is 0. The van der Waals surface area contributed by atoms with Gasteiger partial charge in [0.05, 0.1) is 0 Å². The predicted octanol–water partition coefficient (Wildman–Crippen LogP) is 3.40. The van der Waals surface area contributed by atoms with Gasteiger partial charge >= 0.3 is 0 Å². The predicted molar refractivity (Wildman–Crippen MR) is 81.1 cm³/mol. The number of hydrazine groups is 1. The first kappa shape index (κ1) is 15.0. The first-order valence-electron chi connectivity index (χ1n) is 6.54. The van der Waals surface area contributed by atoms with E-state index in [-0.39, 0.29) is 11.9 Å². The van der Waals surface area contributed by atoms with E-state index in [1.165, 1.54) is 23.3 Å². The Kier molecular flexibility index (Phi) is 5.12. The minimum atomic E-state index is -0.324. The maximum absolute atomic E-state index is 13.0.